The summed E-state index contributed by atoms with van der Waals surface area (Å²) in [6.45, 7) is 1.68. The second-order valence-electron chi connectivity index (χ2n) is 9.37. The van der Waals surface area contributed by atoms with Crippen molar-refractivity contribution < 1.29 is 28.1 Å². The van der Waals surface area contributed by atoms with Gasteiger partial charge in [0.25, 0.3) is 5.56 Å². The van der Waals surface area contributed by atoms with Gasteiger partial charge < -0.3 is 18.9 Å². The van der Waals surface area contributed by atoms with Crippen molar-refractivity contribution in [1.82, 2.24) is 4.57 Å². The maximum absolute atomic E-state index is 14.1. The fourth-order valence-corrected chi connectivity index (χ4v) is 6.59. The second-order valence-corrected chi connectivity index (χ2v) is 11.7. The third-order valence-electron chi connectivity index (χ3n) is 6.79. The molecule has 1 aromatic heterocycles. The van der Waals surface area contributed by atoms with Gasteiger partial charge >= 0.3 is 5.97 Å². The van der Waals surface area contributed by atoms with E-state index in [0.717, 1.165) is 0 Å². The van der Waals surface area contributed by atoms with E-state index in [1.165, 1.54) is 43.3 Å². The van der Waals surface area contributed by atoms with Gasteiger partial charge in [0.05, 0.1) is 41.6 Å². The minimum absolute atomic E-state index is 0.00553. The van der Waals surface area contributed by atoms with Crippen LogP contribution in [0.15, 0.2) is 80.1 Å². The highest BCUT2D eigenvalue weighted by Crippen LogP contribution is 2.39. The lowest BCUT2D eigenvalue weighted by atomic mass is 9.95. The number of hydrogen-bond acceptors (Lipinski definition) is 8. The average Bonchev–Trinajstić information content (AvgIpc) is 3.29. The van der Waals surface area contributed by atoms with Crippen LogP contribution in [0.5, 0.6) is 17.2 Å². The molecule has 0 N–H and O–H groups in total. The average molecular weight is 688 g/mol. The molecule has 12 heteroatoms. The van der Waals surface area contributed by atoms with Crippen LogP contribution in [0, 0.1) is 5.82 Å². The molecule has 1 aliphatic heterocycles. The summed E-state index contributed by atoms with van der Waals surface area (Å²) in [5.74, 6) is 0.219. The zero-order valence-electron chi connectivity index (χ0n) is 23.4. The number of aromatic nitrogens is 1. The Balaban J connectivity index is 1.62. The number of esters is 1. The van der Waals surface area contributed by atoms with E-state index in [9.17, 15) is 14.0 Å². The van der Waals surface area contributed by atoms with Crippen LogP contribution in [0.1, 0.15) is 29.7 Å². The summed E-state index contributed by atoms with van der Waals surface area (Å²) in [6.07, 6.45) is 1.70. The molecule has 0 radical (unpaired) electrons. The number of carbonyl (C=O) groups excluding carboxylic acids is 1. The number of benzene rings is 3. The van der Waals surface area contributed by atoms with E-state index < -0.39 is 12.0 Å². The molecule has 222 valence electrons. The third-order valence-corrected chi connectivity index (χ3v) is 8.60. The molecule has 0 amide bonds. The Bertz CT molecular complexity index is 1950. The van der Waals surface area contributed by atoms with E-state index in [1.54, 1.807) is 61.5 Å². The van der Waals surface area contributed by atoms with Gasteiger partial charge in [-0.1, -0.05) is 41.1 Å². The van der Waals surface area contributed by atoms with Gasteiger partial charge in [-0.2, -0.15) is 0 Å². The molecule has 43 heavy (non-hydrogen) atoms. The van der Waals surface area contributed by atoms with Crippen LogP contribution in [0.2, 0.25) is 5.02 Å². The van der Waals surface area contributed by atoms with Crippen molar-refractivity contribution >= 4 is 50.9 Å². The molecular weight excluding hydrogens is 663 g/mol. The van der Waals surface area contributed by atoms with E-state index in [0.29, 0.717) is 58.5 Å². The first-order valence-electron chi connectivity index (χ1n) is 12.8. The summed E-state index contributed by atoms with van der Waals surface area (Å²) in [5.41, 5.74) is 1.77. The highest BCUT2D eigenvalue weighted by molar-refractivity contribution is 9.10. The number of nitrogens with zero attached hydrogens (tertiary/aromatic N) is 2. The van der Waals surface area contributed by atoms with Gasteiger partial charge in [-0.15, -0.1) is 0 Å². The summed E-state index contributed by atoms with van der Waals surface area (Å²) in [5, 5.41) is 0.408. The van der Waals surface area contributed by atoms with Crippen LogP contribution in [0.3, 0.4) is 0 Å². The quantitative estimate of drug-likeness (QED) is 0.226. The first kappa shape index (κ1) is 30.5. The number of thiazole rings is 1. The summed E-state index contributed by atoms with van der Waals surface area (Å²) in [7, 11) is 4.26. The van der Waals surface area contributed by atoms with Crippen molar-refractivity contribution in [2.75, 3.05) is 21.3 Å². The molecule has 1 aliphatic rings. The Morgan fingerprint density at radius 3 is 2.56 bits per heavy atom. The van der Waals surface area contributed by atoms with Gasteiger partial charge in [-0.05, 0) is 70.9 Å². The molecule has 3 aromatic carbocycles. The molecule has 0 spiro atoms. The predicted octanol–water partition coefficient (Wildman–Crippen LogP) is 5.56. The van der Waals surface area contributed by atoms with Gasteiger partial charge in [0.1, 0.15) is 24.2 Å². The third kappa shape index (κ3) is 5.97. The minimum atomic E-state index is -0.894. The standard InChI is InChI=1S/C31H25BrClFN2O6S/c1-16-26(30(38)41-4)27(20-14-19(33)9-10-23(20)39-2)36-29(37)25(43-31(36)35-16)13-17-11-21(32)28(24(12-17)40-3)42-15-18-7-5-6-8-22(18)34/h5-14,27H,15H2,1-4H3/b25-13-/t27-/m0/s1. The monoisotopic (exact) mass is 686 g/mol. The molecule has 0 unspecified atom stereocenters. The lowest BCUT2D eigenvalue weighted by Gasteiger charge is -2.25. The van der Waals surface area contributed by atoms with Crippen molar-refractivity contribution in [3.05, 3.63) is 118 Å². The fraction of sp³-hybridized carbons (Fsp3) is 0.194. The summed E-state index contributed by atoms with van der Waals surface area (Å²) in [6, 6.07) is 13.9. The van der Waals surface area contributed by atoms with Crippen LogP contribution in [-0.4, -0.2) is 31.9 Å². The molecule has 2 heterocycles. The van der Waals surface area contributed by atoms with E-state index in [1.807, 2.05) is 0 Å². The van der Waals surface area contributed by atoms with Gasteiger partial charge in [-0.25, -0.2) is 14.2 Å². The maximum Gasteiger partial charge on any atom is 0.338 e. The minimum Gasteiger partial charge on any atom is -0.496 e. The first-order chi connectivity index (χ1) is 20.7. The van der Waals surface area contributed by atoms with Gasteiger partial charge in [0, 0.05) is 16.1 Å². The molecule has 0 aliphatic carbocycles. The lowest BCUT2D eigenvalue weighted by Crippen LogP contribution is -2.40. The number of rotatable bonds is 8. The summed E-state index contributed by atoms with van der Waals surface area (Å²) < 4.78 is 38.6. The number of methoxy groups -OCH3 is 3. The number of allylic oxidation sites excluding steroid dienone is 1. The van der Waals surface area contributed by atoms with Crippen molar-refractivity contribution in [2.24, 2.45) is 4.99 Å². The number of carbonyl (C=O) groups is 1. The Hall–Kier alpha value is -3.93. The van der Waals surface area contributed by atoms with E-state index in [4.69, 9.17) is 30.5 Å². The molecular formula is C31H25BrClFN2O6S. The van der Waals surface area contributed by atoms with Crippen molar-refractivity contribution in [3.8, 4) is 17.2 Å². The zero-order chi connectivity index (χ0) is 30.8. The van der Waals surface area contributed by atoms with E-state index in [2.05, 4.69) is 20.9 Å². The maximum atomic E-state index is 14.1. The van der Waals surface area contributed by atoms with E-state index >= 15 is 0 Å². The highest BCUT2D eigenvalue weighted by atomic mass is 79.9. The van der Waals surface area contributed by atoms with Gasteiger partial charge in [0.2, 0.25) is 0 Å². The first-order valence-corrected chi connectivity index (χ1v) is 14.8. The Morgan fingerprint density at radius 1 is 1.12 bits per heavy atom. The lowest BCUT2D eigenvalue weighted by molar-refractivity contribution is -0.136. The van der Waals surface area contributed by atoms with Crippen LogP contribution < -0.4 is 29.1 Å². The normalized spacial score (nSPS) is 14.7. The van der Waals surface area contributed by atoms with Crippen molar-refractivity contribution in [3.63, 3.8) is 0 Å². The van der Waals surface area contributed by atoms with Gasteiger partial charge in [0.15, 0.2) is 16.3 Å². The molecule has 0 saturated carbocycles. The smallest absolute Gasteiger partial charge is 0.338 e. The predicted molar refractivity (Wildman–Crippen MR) is 165 cm³/mol. The Labute approximate surface area is 263 Å². The number of ether oxygens (including phenoxy) is 4. The van der Waals surface area contributed by atoms with Gasteiger partial charge in [-0.3, -0.25) is 9.36 Å². The number of halogens is 3. The molecule has 0 bridgehead atoms. The topological polar surface area (TPSA) is 88.4 Å². The van der Waals surface area contributed by atoms with Crippen molar-refractivity contribution in [2.45, 2.75) is 19.6 Å². The fourth-order valence-electron chi connectivity index (χ4n) is 4.79. The summed E-state index contributed by atoms with van der Waals surface area (Å²) in [4.78, 5) is 31.9. The molecule has 8 nitrogen and oxygen atoms in total. The molecule has 1 atom stereocenters. The van der Waals surface area contributed by atoms with Crippen molar-refractivity contribution in [1.29, 1.82) is 0 Å². The molecule has 0 saturated heterocycles. The number of hydrogen-bond donors (Lipinski definition) is 0. The van der Waals surface area contributed by atoms with Crippen LogP contribution in [0.4, 0.5) is 4.39 Å². The zero-order valence-corrected chi connectivity index (χ0v) is 26.6. The van der Waals surface area contributed by atoms with Crippen LogP contribution >= 0.6 is 38.9 Å². The number of fused-ring (bicyclic) bond motifs is 1. The van der Waals surface area contributed by atoms with E-state index in [-0.39, 0.29) is 23.6 Å². The van der Waals surface area contributed by atoms with Crippen LogP contribution in [0.25, 0.3) is 6.08 Å². The second kappa shape index (κ2) is 12.7. The Kier molecular flexibility index (Phi) is 9.05. The molecule has 4 aromatic rings. The summed E-state index contributed by atoms with van der Waals surface area (Å²) >= 11 is 11.0. The largest absolute Gasteiger partial charge is 0.496 e. The molecule has 0 fully saturated rings. The molecule has 5 rings (SSSR count). The highest BCUT2D eigenvalue weighted by Gasteiger charge is 2.35. The SMILES string of the molecule is COC(=O)C1=C(C)N=c2s/c(=C\c3cc(Br)c(OCc4ccccc4F)c(OC)c3)c(=O)n2[C@H]1c1cc(Cl)ccc1OC. The Morgan fingerprint density at radius 2 is 1.86 bits per heavy atom. The van der Waals surface area contributed by atoms with Crippen LogP contribution in [-0.2, 0) is 16.1 Å².